The number of rotatable bonds is 0. The zero-order valence-corrected chi connectivity index (χ0v) is 7.48. The number of hydrogen-bond acceptors (Lipinski definition) is 4. The average molecular weight is 228 g/mol. The monoisotopic (exact) mass is 228 g/mol. The van der Waals surface area contributed by atoms with Crippen molar-refractivity contribution in [3.05, 3.63) is 0 Å². The van der Waals surface area contributed by atoms with E-state index in [0.29, 0.717) is 25.9 Å². The first-order chi connectivity index (χ1) is 5.66. The average Bonchev–Trinajstić information content (AvgIpc) is 1.92. The molecule has 0 aromatic carbocycles. The van der Waals surface area contributed by atoms with Crippen LogP contribution >= 0.6 is 0 Å². The number of aliphatic hydroxyl groups excluding tert-OH is 4. The van der Waals surface area contributed by atoms with Crippen molar-refractivity contribution in [2.45, 2.75) is 0 Å². The molecule has 0 aliphatic heterocycles. The van der Waals surface area contributed by atoms with Gasteiger partial charge in [-0.05, 0) is 0 Å². The summed E-state index contributed by atoms with van der Waals surface area (Å²) >= 11 is 0. The van der Waals surface area contributed by atoms with Crippen LogP contribution in [0.15, 0.2) is 0 Å². The summed E-state index contributed by atoms with van der Waals surface area (Å²) in [4.78, 5) is 32.9. The van der Waals surface area contributed by atoms with Crippen molar-refractivity contribution in [1.29, 1.82) is 0 Å². The predicted molar refractivity (Wildman–Crippen MR) is 33.3 cm³/mol. The maximum absolute atomic E-state index is 8.24. The van der Waals surface area contributed by atoms with Gasteiger partial charge in [-0.1, -0.05) is 25.9 Å². The van der Waals surface area contributed by atoms with Crippen LogP contribution in [-0.2, 0) is 40.9 Å². The Labute approximate surface area is 87.7 Å². The van der Waals surface area contributed by atoms with Gasteiger partial charge in [-0.3, -0.25) is 0 Å². The van der Waals surface area contributed by atoms with Crippen molar-refractivity contribution in [1.82, 2.24) is 0 Å². The molecule has 0 saturated carbocycles. The second-order valence-electron chi connectivity index (χ2n) is 0.365. The van der Waals surface area contributed by atoms with Crippen LogP contribution in [0.3, 0.4) is 0 Å². The molecule has 13 heavy (non-hydrogen) atoms. The summed E-state index contributed by atoms with van der Waals surface area (Å²) in [5.41, 5.74) is 0. The van der Waals surface area contributed by atoms with Gasteiger partial charge in [-0.15, -0.1) is 0 Å². The van der Waals surface area contributed by atoms with Gasteiger partial charge in [0.25, 0.3) is 0 Å². The van der Waals surface area contributed by atoms with Gasteiger partial charge in [0.2, 0.25) is 0 Å². The predicted octanol–water partition coefficient (Wildman–Crippen LogP) is -1.56. The van der Waals surface area contributed by atoms with Crippen LogP contribution in [0, 0.1) is 0 Å². The largest absolute Gasteiger partial charge is 4.00 e. The molecule has 0 heterocycles. The maximum atomic E-state index is 8.24. The van der Waals surface area contributed by atoms with Gasteiger partial charge < -0.3 is 39.6 Å². The molecular formula is C4H4O8Ti. The minimum atomic E-state index is 0. The quantitative estimate of drug-likeness (QED) is 0.287. The van der Waals surface area contributed by atoms with E-state index in [1.165, 1.54) is 0 Å². The van der Waals surface area contributed by atoms with E-state index in [1.807, 2.05) is 0 Å². The third-order valence-electron chi connectivity index (χ3n) is 0. The summed E-state index contributed by atoms with van der Waals surface area (Å²) < 4.78 is 0. The SMILES string of the molecule is O=[C-]O.O=[C-]O.O=[C-]O.O=[C-]O.[Ti+4]. The van der Waals surface area contributed by atoms with E-state index in [4.69, 9.17) is 39.6 Å². The second-order valence-corrected chi connectivity index (χ2v) is 0.365. The molecule has 0 aromatic heterocycles. The van der Waals surface area contributed by atoms with Crippen LogP contribution in [0.5, 0.6) is 0 Å². The summed E-state index contributed by atoms with van der Waals surface area (Å²) in [6.07, 6.45) is 0. The zero-order valence-electron chi connectivity index (χ0n) is 5.92. The Balaban J connectivity index is -0.0000000213. The molecule has 0 rings (SSSR count). The third-order valence-corrected chi connectivity index (χ3v) is 0. The fraction of sp³-hybridized carbons (Fsp3) is 0. The van der Waals surface area contributed by atoms with Crippen molar-refractivity contribution in [2.24, 2.45) is 0 Å². The third kappa shape index (κ3) is 396. The first-order valence-electron chi connectivity index (χ1n) is 1.71. The molecule has 0 saturated heterocycles. The Hall–Kier alpha value is -1.41. The molecule has 0 aliphatic carbocycles. The fourth-order valence-electron chi connectivity index (χ4n) is 0. The molecule has 4 N–H and O–H groups in total. The molecule has 0 fully saturated rings. The summed E-state index contributed by atoms with van der Waals surface area (Å²) in [7, 11) is 0. The standard InChI is InChI=1S/4CHO2.Ti/c4*2-1-3;/h4*(H,2,3);/q4*-1;+4. The van der Waals surface area contributed by atoms with Crippen molar-refractivity contribution >= 4 is 25.9 Å². The van der Waals surface area contributed by atoms with E-state index < -0.39 is 0 Å². The van der Waals surface area contributed by atoms with Gasteiger partial charge in [0.15, 0.2) is 0 Å². The van der Waals surface area contributed by atoms with Crippen LogP contribution in [0.1, 0.15) is 0 Å². The Morgan fingerprint density at radius 3 is 0.538 bits per heavy atom. The van der Waals surface area contributed by atoms with Crippen LogP contribution in [0.4, 0.5) is 0 Å². The smallest absolute Gasteiger partial charge is 0.665 e. The van der Waals surface area contributed by atoms with E-state index in [9.17, 15) is 0 Å². The zero-order chi connectivity index (χ0) is 10.8. The topological polar surface area (TPSA) is 149 Å². The molecule has 0 radical (unpaired) electrons. The van der Waals surface area contributed by atoms with E-state index in [-0.39, 0.29) is 21.7 Å². The number of hydrogen-bond donors (Lipinski definition) is 4. The maximum Gasteiger partial charge on any atom is 4.00 e. The van der Waals surface area contributed by atoms with Gasteiger partial charge in [-0.25, -0.2) is 0 Å². The van der Waals surface area contributed by atoms with Gasteiger partial charge in [0.05, 0.1) is 0 Å². The van der Waals surface area contributed by atoms with Gasteiger partial charge in [-0.2, -0.15) is 0 Å². The van der Waals surface area contributed by atoms with Crippen LogP contribution in [-0.4, -0.2) is 46.3 Å². The van der Waals surface area contributed by atoms with Crippen LogP contribution in [0.25, 0.3) is 0 Å². The minimum absolute atomic E-state index is 0. The Morgan fingerprint density at radius 2 is 0.538 bits per heavy atom. The summed E-state index contributed by atoms with van der Waals surface area (Å²) in [5.74, 6) is 0. The van der Waals surface area contributed by atoms with Gasteiger partial charge in [0.1, 0.15) is 0 Å². The molecule has 0 atom stereocenters. The molecule has 0 spiro atoms. The van der Waals surface area contributed by atoms with Crippen molar-refractivity contribution in [2.75, 3.05) is 0 Å². The summed E-state index contributed by atoms with van der Waals surface area (Å²) in [6.45, 7) is 2.00. The van der Waals surface area contributed by atoms with E-state index >= 15 is 0 Å². The van der Waals surface area contributed by atoms with E-state index in [2.05, 4.69) is 0 Å². The van der Waals surface area contributed by atoms with Crippen LogP contribution in [0.2, 0.25) is 0 Å². The first-order valence-corrected chi connectivity index (χ1v) is 1.71. The minimum Gasteiger partial charge on any atom is -0.665 e. The normalized spacial score (nSPS) is 3.69. The molecule has 8 nitrogen and oxygen atoms in total. The summed E-state index contributed by atoms with van der Waals surface area (Å²) in [6, 6.07) is 0. The molecule has 9 heteroatoms. The summed E-state index contributed by atoms with van der Waals surface area (Å²) in [5, 5.41) is 27.1. The molecule has 0 unspecified atom stereocenters. The van der Waals surface area contributed by atoms with E-state index in [1.54, 1.807) is 0 Å². The Morgan fingerprint density at radius 1 is 0.538 bits per heavy atom. The van der Waals surface area contributed by atoms with Crippen molar-refractivity contribution < 1.29 is 61.3 Å². The fourth-order valence-corrected chi connectivity index (χ4v) is 0. The molecule has 72 valence electrons. The Bertz CT molecular complexity index is 70.1. The molecular weight excluding hydrogens is 224 g/mol. The Kier molecular flexibility index (Phi) is 334. The van der Waals surface area contributed by atoms with Gasteiger partial charge in [0, 0.05) is 0 Å². The second kappa shape index (κ2) is 145. The van der Waals surface area contributed by atoms with Crippen molar-refractivity contribution in [3.8, 4) is 0 Å². The van der Waals surface area contributed by atoms with Crippen molar-refractivity contribution in [3.63, 3.8) is 0 Å². The molecule has 0 aromatic rings. The van der Waals surface area contributed by atoms with Gasteiger partial charge >= 0.3 is 21.7 Å². The van der Waals surface area contributed by atoms with Crippen LogP contribution < -0.4 is 0 Å². The molecule has 0 bridgehead atoms. The van der Waals surface area contributed by atoms with E-state index in [0.717, 1.165) is 0 Å². The first kappa shape index (κ1) is 29.9. The molecule has 0 amide bonds. The molecule has 0 aliphatic rings.